The fourth-order valence-electron chi connectivity index (χ4n) is 4.09. The maximum atomic E-state index is 12.9. The molecule has 1 aliphatic rings. The van der Waals surface area contributed by atoms with Gasteiger partial charge in [-0.05, 0) is 72.7 Å². The van der Waals surface area contributed by atoms with Gasteiger partial charge in [0.2, 0.25) is 0 Å². The summed E-state index contributed by atoms with van der Waals surface area (Å²) in [5.74, 6) is -0.456. The van der Waals surface area contributed by atoms with Gasteiger partial charge in [-0.3, -0.25) is 9.89 Å². The van der Waals surface area contributed by atoms with Crippen LogP contribution in [-0.4, -0.2) is 48.4 Å². The van der Waals surface area contributed by atoms with Crippen LogP contribution >= 0.6 is 0 Å². The van der Waals surface area contributed by atoms with Crippen molar-refractivity contribution in [3.8, 4) is 5.75 Å². The van der Waals surface area contributed by atoms with Crippen molar-refractivity contribution in [2.45, 2.75) is 44.8 Å². The Morgan fingerprint density at radius 3 is 2.34 bits per heavy atom. The van der Waals surface area contributed by atoms with E-state index in [1.54, 1.807) is 12.3 Å². The molecule has 2 aromatic carbocycles. The summed E-state index contributed by atoms with van der Waals surface area (Å²) in [7, 11) is 0. The maximum absolute atomic E-state index is 12.9. The number of carboxylic acids is 1. The van der Waals surface area contributed by atoms with Gasteiger partial charge in [0.25, 0.3) is 0 Å². The summed E-state index contributed by atoms with van der Waals surface area (Å²) < 4.78 is 44.0. The van der Waals surface area contributed by atoms with Crippen molar-refractivity contribution >= 4 is 12.2 Å². The largest absolute Gasteiger partial charge is 0.482 e. The Hall–Kier alpha value is -3.13. The smallest absolute Gasteiger partial charge is 0.416 e. The third-order valence-electron chi connectivity index (χ3n) is 6.42. The number of rotatable bonds is 9. The van der Waals surface area contributed by atoms with Gasteiger partial charge in [-0.1, -0.05) is 31.7 Å². The molecule has 2 aromatic rings. The molecule has 3 rings (SSSR count). The van der Waals surface area contributed by atoms with Crippen molar-refractivity contribution in [3.63, 3.8) is 0 Å². The molecule has 1 unspecified atom stereocenters. The first-order valence-corrected chi connectivity index (χ1v) is 11.6. The minimum Gasteiger partial charge on any atom is -0.482 e. The van der Waals surface area contributed by atoms with Gasteiger partial charge in [0.15, 0.2) is 6.61 Å². The summed E-state index contributed by atoms with van der Waals surface area (Å²) >= 11 is 0. The summed E-state index contributed by atoms with van der Waals surface area (Å²) in [6.45, 7) is 9.93. The predicted molar refractivity (Wildman–Crippen MR) is 130 cm³/mol. The standard InChI is InChI=1S/C27H31F3N2O3/c1-4-26(3,22-6-8-23(9-7-22)27(28,29)30)31-16-19(2)17-32-13-11-20-5-10-24(35-18-25(33)34)15-21(20)12-14-32/h5-10,15-16H,2,4,11-14,17-18H2,1,3H3,(H,33,34). The van der Waals surface area contributed by atoms with Crippen LogP contribution in [0.4, 0.5) is 13.2 Å². The Morgan fingerprint density at radius 2 is 1.74 bits per heavy atom. The summed E-state index contributed by atoms with van der Waals surface area (Å²) in [4.78, 5) is 17.7. The third kappa shape index (κ3) is 7.18. The van der Waals surface area contributed by atoms with Gasteiger partial charge < -0.3 is 9.84 Å². The Bertz CT molecular complexity index is 1080. The molecule has 35 heavy (non-hydrogen) atoms. The average molecular weight is 489 g/mol. The van der Waals surface area contributed by atoms with E-state index >= 15 is 0 Å². The van der Waals surface area contributed by atoms with Gasteiger partial charge in [0, 0.05) is 25.8 Å². The molecule has 0 saturated heterocycles. The number of carboxylic acid groups (broad SMARTS) is 1. The Balaban J connectivity index is 1.60. The number of carbonyl (C=O) groups is 1. The van der Waals surface area contributed by atoms with Crippen molar-refractivity contribution in [1.82, 2.24) is 4.90 Å². The lowest BCUT2D eigenvalue weighted by atomic mass is 9.89. The Labute approximate surface area is 203 Å². The highest BCUT2D eigenvalue weighted by atomic mass is 19.4. The molecule has 0 fully saturated rings. The van der Waals surface area contributed by atoms with E-state index in [1.807, 2.05) is 26.0 Å². The topological polar surface area (TPSA) is 62.1 Å². The van der Waals surface area contributed by atoms with Crippen molar-refractivity contribution in [2.24, 2.45) is 4.99 Å². The van der Waals surface area contributed by atoms with Gasteiger partial charge in [-0.15, -0.1) is 0 Å². The van der Waals surface area contributed by atoms with Gasteiger partial charge in [-0.25, -0.2) is 4.79 Å². The van der Waals surface area contributed by atoms with E-state index in [-0.39, 0.29) is 6.61 Å². The first-order valence-electron chi connectivity index (χ1n) is 11.6. The molecule has 0 spiro atoms. The van der Waals surface area contributed by atoms with Crippen LogP contribution in [-0.2, 0) is 29.4 Å². The van der Waals surface area contributed by atoms with E-state index in [4.69, 9.17) is 14.8 Å². The minimum absolute atomic E-state index is 0.368. The van der Waals surface area contributed by atoms with Gasteiger partial charge >= 0.3 is 12.1 Å². The molecule has 0 bridgehead atoms. The number of fused-ring (bicyclic) bond motifs is 1. The second-order valence-corrected chi connectivity index (χ2v) is 9.01. The van der Waals surface area contributed by atoms with Gasteiger partial charge in [0.05, 0.1) is 11.1 Å². The zero-order chi connectivity index (χ0) is 25.6. The molecule has 1 aliphatic heterocycles. The quantitative estimate of drug-likeness (QED) is 0.472. The lowest BCUT2D eigenvalue weighted by molar-refractivity contribution is -0.139. The molecular formula is C27H31F3N2O3. The molecule has 0 amide bonds. The molecule has 0 saturated carbocycles. The fraction of sp³-hybridized carbons (Fsp3) is 0.407. The van der Waals surface area contributed by atoms with Crippen LogP contribution in [0.25, 0.3) is 0 Å². The summed E-state index contributed by atoms with van der Waals surface area (Å²) in [5.41, 5.74) is 2.60. The Morgan fingerprint density at radius 1 is 1.11 bits per heavy atom. The average Bonchev–Trinajstić information content (AvgIpc) is 3.02. The van der Waals surface area contributed by atoms with Crippen LogP contribution in [0.15, 0.2) is 59.6 Å². The van der Waals surface area contributed by atoms with E-state index < -0.39 is 23.2 Å². The van der Waals surface area contributed by atoms with Crippen LogP contribution in [0.2, 0.25) is 0 Å². The molecule has 1 atom stereocenters. The molecule has 1 N–H and O–H groups in total. The molecule has 5 nitrogen and oxygen atoms in total. The zero-order valence-corrected chi connectivity index (χ0v) is 20.1. The number of hydrogen-bond acceptors (Lipinski definition) is 4. The predicted octanol–water partition coefficient (Wildman–Crippen LogP) is 5.52. The number of nitrogens with zero attached hydrogens (tertiary/aromatic N) is 2. The second-order valence-electron chi connectivity index (χ2n) is 9.01. The van der Waals surface area contributed by atoms with Crippen LogP contribution < -0.4 is 4.74 Å². The van der Waals surface area contributed by atoms with Crippen molar-refractivity contribution in [3.05, 3.63) is 76.9 Å². The molecule has 0 radical (unpaired) electrons. The summed E-state index contributed by atoms with van der Waals surface area (Å²) in [5, 5.41) is 8.80. The maximum Gasteiger partial charge on any atom is 0.416 e. The number of aliphatic carboxylic acids is 1. The van der Waals surface area contributed by atoms with Crippen LogP contribution in [0, 0.1) is 0 Å². The van der Waals surface area contributed by atoms with Gasteiger partial charge in [-0.2, -0.15) is 13.2 Å². The van der Waals surface area contributed by atoms with Gasteiger partial charge in [0.1, 0.15) is 5.75 Å². The molecule has 0 aromatic heterocycles. The van der Waals surface area contributed by atoms with Crippen molar-refractivity contribution in [1.29, 1.82) is 0 Å². The Kier molecular flexibility index (Phi) is 8.38. The van der Waals surface area contributed by atoms with E-state index in [0.29, 0.717) is 18.7 Å². The number of benzene rings is 2. The highest BCUT2D eigenvalue weighted by Gasteiger charge is 2.31. The lowest BCUT2D eigenvalue weighted by Gasteiger charge is -2.25. The number of hydrogen-bond donors (Lipinski definition) is 1. The molecular weight excluding hydrogens is 457 g/mol. The zero-order valence-electron chi connectivity index (χ0n) is 20.1. The van der Waals surface area contributed by atoms with Crippen molar-refractivity contribution in [2.75, 3.05) is 26.2 Å². The summed E-state index contributed by atoms with van der Waals surface area (Å²) in [6.07, 6.45) is -0.331. The number of ether oxygens (including phenoxy) is 1. The lowest BCUT2D eigenvalue weighted by Crippen LogP contribution is -2.29. The molecule has 0 aliphatic carbocycles. The fourth-order valence-corrected chi connectivity index (χ4v) is 4.09. The normalized spacial score (nSPS) is 16.4. The minimum atomic E-state index is -4.36. The highest BCUT2D eigenvalue weighted by Crippen LogP contribution is 2.33. The van der Waals surface area contributed by atoms with E-state index in [9.17, 15) is 18.0 Å². The number of halogens is 3. The number of aliphatic imine (C=N–C) groups is 1. The first kappa shape index (κ1) is 26.5. The highest BCUT2D eigenvalue weighted by molar-refractivity contribution is 5.78. The second kappa shape index (κ2) is 11.1. The van der Waals surface area contributed by atoms with E-state index in [0.717, 1.165) is 54.8 Å². The monoisotopic (exact) mass is 488 g/mol. The summed E-state index contributed by atoms with van der Waals surface area (Å²) in [6, 6.07) is 10.9. The number of alkyl halides is 3. The molecule has 1 heterocycles. The SMILES string of the molecule is C=C(C=NC(C)(CC)c1ccc(C(F)(F)F)cc1)CN1CCc2ccc(OCC(=O)O)cc2CC1. The van der Waals surface area contributed by atoms with E-state index in [2.05, 4.69) is 11.5 Å². The van der Waals surface area contributed by atoms with Crippen LogP contribution in [0.1, 0.15) is 42.5 Å². The molecule has 8 heteroatoms. The van der Waals surface area contributed by atoms with Crippen molar-refractivity contribution < 1.29 is 27.8 Å². The first-order chi connectivity index (χ1) is 16.5. The third-order valence-corrected chi connectivity index (χ3v) is 6.42. The van der Waals surface area contributed by atoms with Crippen LogP contribution in [0.5, 0.6) is 5.75 Å². The molecule has 188 valence electrons. The van der Waals surface area contributed by atoms with E-state index in [1.165, 1.54) is 17.7 Å². The van der Waals surface area contributed by atoms with Crippen LogP contribution in [0.3, 0.4) is 0 Å².